The standard InChI is InChI=1S/C29H25F2N5O7/c1-36(2)22-21(39)18(25(33)42)23(40)27(10-32)24(41)19-20(38)17-14(4-3-5-16(17)37)15(28(19,34)26(43)29(22,27)35)8-11-6-12(30)9-13(31)7-11/h3-9,18-19,22,26,37,43H,34-35H2,1-2H3,(H2,33,42)/t18?,19?,22-,26+,27+,28+,29+/m1/s1. The number of Topliss-reactive ketones (excluding diaryl/α,β-unsaturated/α-hetero) is 4. The van der Waals surface area contributed by atoms with Crippen molar-refractivity contribution in [3.63, 3.8) is 0 Å². The Labute approximate surface area is 242 Å². The maximum atomic E-state index is 14.5. The lowest BCUT2D eigenvalue weighted by molar-refractivity contribution is -0.176. The first-order valence-corrected chi connectivity index (χ1v) is 12.8. The number of aliphatic hydroxyl groups is 1. The minimum Gasteiger partial charge on any atom is -0.507 e. The van der Waals surface area contributed by atoms with Gasteiger partial charge in [0.2, 0.25) is 5.91 Å². The summed E-state index contributed by atoms with van der Waals surface area (Å²) >= 11 is 0. The van der Waals surface area contributed by atoms with Crippen LogP contribution in [0.25, 0.3) is 11.6 Å². The van der Waals surface area contributed by atoms with Crippen LogP contribution in [-0.4, -0.2) is 81.5 Å². The number of carbonyl (C=O) groups is 5. The average molecular weight is 594 g/mol. The number of phenols is 1. The number of ketones is 4. The van der Waals surface area contributed by atoms with E-state index >= 15 is 0 Å². The molecule has 2 aromatic rings. The predicted molar refractivity (Wildman–Crippen MR) is 143 cm³/mol. The van der Waals surface area contributed by atoms with Crippen molar-refractivity contribution >= 4 is 40.7 Å². The molecular weight excluding hydrogens is 568 g/mol. The van der Waals surface area contributed by atoms with Gasteiger partial charge < -0.3 is 27.4 Å². The van der Waals surface area contributed by atoms with Crippen LogP contribution in [0.3, 0.4) is 0 Å². The summed E-state index contributed by atoms with van der Waals surface area (Å²) in [4.78, 5) is 69.5. The predicted octanol–water partition coefficient (Wildman–Crippen LogP) is -0.944. The smallest absolute Gasteiger partial charge is 0.235 e. The Hall–Kier alpha value is -4.68. The third-order valence-corrected chi connectivity index (χ3v) is 8.77. The Balaban J connectivity index is 1.93. The van der Waals surface area contributed by atoms with Crippen LogP contribution in [0, 0.1) is 40.2 Å². The largest absolute Gasteiger partial charge is 0.507 e. The highest BCUT2D eigenvalue weighted by Gasteiger charge is 2.82. The number of aromatic hydroxyl groups is 1. The van der Waals surface area contributed by atoms with Crippen LogP contribution < -0.4 is 17.2 Å². The highest BCUT2D eigenvalue weighted by molar-refractivity contribution is 6.34. The Kier molecular flexibility index (Phi) is 6.52. The lowest BCUT2D eigenvalue weighted by Gasteiger charge is -2.63. The number of carbonyl (C=O) groups excluding carboxylic acids is 5. The summed E-state index contributed by atoms with van der Waals surface area (Å²) in [6.45, 7) is 0. The van der Waals surface area contributed by atoms with Gasteiger partial charge in [0.1, 0.15) is 28.8 Å². The first kappa shape index (κ1) is 29.8. The van der Waals surface area contributed by atoms with Crippen molar-refractivity contribution in [2.75, 3.05) is 14.1 Å². The summed E-state index contributed by atoms with van der Waals surface area (Å²) in [6, 6.07) is 5.64. The lowest BCUT2D eigenvalue weighted by Crippen LogP contribution is -2.91. The molecule has 0 aromatic heterocycles. The van der Waals surface area contributed by atoms with E-state index in [9.17, 15) is 48.2 Å². The van der Waals surface area contributed by atoms with Gasteiger partial charge in [-0.3, -0.25) is 28.9 Å². The van der Waals surface area contributed by atoms with E-state index in [1.165, 1.54) is 32.3 Å². The molecule has 2 unspecified atom stereocenters. The van der Waals surface area contributed by atoms with Crippen molar-refractivity contribution in [2.24, 2.45) is 34.5 Å². The lowest BCUT2D eigenvalue weighted by atomic mass is 9.41. The molecule has 0 radical (unpaired) electrons. The Morgan fingerprint density at radius 3 is 2.21 bits per heavy atom. The molecule has 5 rings (SSSR count). The number of amides is 1. The second-order valence-electron chi connectivity index (χ2n) is 11.2. The first-order chi connectivity index (χ1) is 20.0. The Bertz CT molecular complexity index is 1730. The van der Waals surface area contributed by atoms with Crippen LogP contribution in [0.15, 0.2) is 36.4 Å². The molecule has 0 saturated heterocycles. The van der Waals surface area contributed by atoms with Crippen LogP contribution in [0.1, 0.15) is 21.5 Å². The van der Waals surface area contributed by atoms with E-state index in [1.807, 2.05) is 0 Å². The van der Waals surface area contributed by atoms with Gasteiger partial charge in [-0.25, -0.2) is 8.78 Å². The number of hydrogen-bond acceptors (Lipinski definition) is 11. The van der Waals surface area contributed by atoms with Crippen molar-refractivity contribution < 1.29 is 43.0 Å². The van der Waals surface area contributed by atoms with E-state index in [1.54, 1.807) is 0 Å². The third-order valence-electron chi connectivity index (χ3n) is 8.77. The highest BCUT2D eigenvalue weighted by atomic mass is 19.1. The molecule has 2 fully saturated rings. The fraction of sp³-hybridized carbons (Fsp3) is 0.310. The normalized spacial score (nSPS) is 34.4. The van der Waals surface area contributed by atoms with Gasteiger partial charge in [0.15, 0.2) is 34.5 Å². The molecule has 0 bridgehead atoms. The number of halogens is 2. The number of nitriles is 1. The minimum atomic E-state index is -3.21. The number of aliphatic hydroxyl groups excluding tert-OH is 1. The minimum absolute atomic E-state index is 0.154. The van der Waals surface area contributed by atoms with Crippen molar-refractivity contribution in [3.05, 3.63) is 64.7 Å². The molecule has 3 aliphatic carbocycles. The molecule has 0 aliphatic heterocycles. The summed E-state index contributed by atoms with van der Waals surface area (Å²) in [5.41, 5.74) is 8.97. The van der Waals surface area contributed by atoms with Gasteiger partial charge in [0, 0.05) is 6.07 Å². The molecule has 0 heterocycles. The summed E-state index contributed by atoms with van der Waals surface area (Å²) < 4.78 is 28.4. The van der Waals surface area contributed by atoms with Crippen LogP contribution >= 0.6 is 0 Å². The number of phenolic OH excluding ortho intramolecular Hbond substituents is 1. The first-order valence-electron chi connectivity index (χ1n) is 12.8. The number of nitrogens with zero attached hydrogens (tertiary/aromatic N) is 2. The molecule has 3 aliphatic rings. The molecule has 222 valence electrons. The number of benzene rings is 2. The van der Waals surface area contributed by atoms with Gasteiger partial charge >= 0.3 is 0 Å². The number of fused-ring (bicyclic) bond motifs is 3. The van der Waals surface area contributed by atoms with Crippen molar-refractivity contribution in [2.45, 2.75) is 23.2 Å². The molecule has 8 N–H and O–H groups in total. The van der Waals surface area contributed by atoms with Crippen LogP contribution in [0.4, 0.5) is 8.78 Å². The Morgan fingerprint density at radius 2 is 1.67 bits per heavy atom. The molecule has 1 amide bonds. The molecular formula is C29H25F2N5O7. The van der Waals surface area contributed by atoms with E-state index in [4.69, 9.17) is 17.2 Å². The fourth-order valence-electron chi connectivity index (χ4n) is 7.06. The SMILES string of the molecule is CN(C)[C@@H]1C(=O)C(C(N)=O)C(=O)[C@@]2(C#N)C(=O)C3C(=O)c4c(O)cccc4C(=Cc4cc(F)cc(F)c4)[C@@]3(N)[C@H](O)[C@@]12N. The molecule has 12 nitrogen and oxygen atoms in total. The van der Waals surface area contributed by atoms with Crippen LogP contribution in [-0.2, 0) is 19.2 Å². The summed E-state index contributed by atoms with van der Waals surface area (Å²) in [6.07, 6.45) is -1.40. The zero-order chi connectivity index (χ0) is 32.0. The quantitative estimate of drug-likeness (QED) is 0.272. The number of primary amides is 1. The summed E-state index contributed by atoms with van der Waals surface area (Å²) in [5.74, 6) is -14.4. The highest BCUT2D eigenvalue weighted by Crippen LogP contribution is 2.59. The zero-order valence-corrected chi connectivity index (χ0v) is 22.7. The van der Waals surface area contributed by atoms with Gasteiger partial charge in [-0.15, -0.1) is 0 Å². The number of likely N-dealkylation sites (N-methyl/N-ethyl adjacent to an activating group) is 1. The summed E-state index contributed by atoms with van der Waals surface area (Å²) in [7, 11) is 2.54. The number of rotatable bonds is 3. The van der Waals surface area contributed by atoms with Gasteiger partial charge in [0.05, 0.1) is 29.3 Å². The number of nitrogens with two attached hydrogens (primary N) is 3. The van der Waals surface area contributed by atoms with Crippen molar-refractivity contribution in [1.29, 1.82) is 5.26 Å². The second-order valence-corrected chi connectivity index (χ2v) is 11.2. The van der Waals surface area contributed by atoms with Crippen LogP contribution in [0.5, 0.6) is 5.75 Å². The van der Waals surface area contributed by atoms with Crippen molar-refractivity contribution in [1.82, 2.24) is 4.90 Å². The maximum absolute atomic E-state index is 14.5. The summed E-state index contributed by atoms with van der Waals surface area (Å²) in [5, 5.41) is 33.4. The van der Waals surface area contributed by atoms with E-state index in [0.29, 0.717) is 6.07 Å². The van der Waals surface area contributed by atoms with E-state index in [-0.39, 0.29) is 16.7 Å². The van der Waals surface area contributed by atoms with Crippen LogP contribution in [0.2, 0.25) is 0 Å². The second kappa shape index (κ2) is 9.41. The van der Waals surface area contributed by atoms with Gasteiger partial charge in [-0.1, -0.05) is 12.1 Å². The Morgan fingerprint density at radius 1 is 1.07 bits per heavy atom. The monoisotopic (exact) mass is 593 g/mol. The third kappa shape index (κ3) is 3.50. The van der Waals surface area contributed by atoms with E-state index in [0.717, 1.165) is 29.2 Å². The molecule has 14 heteroatoms. The number of hydrogen-bond donors (Lipinski definition) is 5. The van der Waals surface area contributed by atoms with Gasteiger partial charge in [-0.2, -0.15) is 5.26 Å². The van der Waals surface area contributed by atoms with Gasteiger partial charge in [0.25, 0.3) is 0 Å². The molecule has 7 atom stereocenters. The van der Waals surface area contributed by atoms with E-state index < -0.39 is 92.5 Å². The van der Waals surface area contributed by atoms with Crippen molar-refractivity contribution in [3.8, 4) is 11.8 Å². The molecule has 43 heavy (non-hydrogen) atoms. The van der Waals surface area contributed by atoms with Gasteiger partial charge in [-0.05, 0) is 55.1 Å². The fourth-order valence-corrected chi connectivity index (χ4v) is 7.06. The average Bonchev–Trinajstić information content (AvgIpc) is 2.89. The zero-order valence-electron chi connectivity index (χ0n) is 22.7. The molecule has 2 saturated carbocycles. The topological polar surface area (TPSA) is 231 Å². The van der Waals surface area contributed by atoms with E-state index in [2.05, 4.69) is 0 Å². The maximum Gasteiger partial charge on any atom is 0.235 e. The molecule has 2 aromatic carbocycles. The molecule has 0 spiro atoms.